The van der Waals surface area contributed by atoms with Crippen molar-refractivity contribution in [2.45, 2.75) is 70.8 Å². The number of rotatable bonds is 8. The second kappa shape index (κ2) is 10.7. The van der Waals surface area contributed by atoms with E-state index in [0.29, 0.717) is 19.1 Å². The third kappa shape index (κ3) is 5.61. The van der Waals surface area contributed by atoms with Crippen LogP contribution >= 0.6 is 0 Å². The molecule has 8 heteroatoms. The first-order valence-electron chi connectivity index (χ1n) is 13.6. The lowest BCUT2D eigenvalue weighted by atomic mass is 9.79. The first-order valence-corrected chi connectivity index (χ1v) is 15.1. The van der Waals surface area contributed by atoms with E-state index in [4.69, 9.17) is 4.18 Å². The molecular weight excluding hydrogens is 494 g/mol. The van der Waals surface area contributed by atoms with Gasteiger partial charge in [-0.3, -0.25) is 9.48 Å². The highest BCUT2D eigenvalue weighted by molar-refractivity contribution is 7.93. The molecule has 1 fully saturated rings. The molecule has 38 heavy (non-hydrogen) atoms. The molecule has 5 rings (SSSR count). The molecule has 1 N–H and O–H groups in total. The van der Waals surface area contributed by atoms with Crippen molar-refractivity contribution in [3.8, 4) is 11.1 Å². The van der Waals surface area contributed by atoms with E-state index < -0.39 is 0 Å². The number of benzene rings is 1. The lowest BCUT2D eigenvalue weighted by Gasteiger charge is -2.46. The van der Waals surface area contributed by atoms with E-state index in [9.17, 15) is 4.79 Å². The summed E-state index contributed by atoms with van der Waals surface area (Å²) in [6.45, 7) is 11.9. The quantitative estimate of drug-likeness (QED) is 0.367. The van der Waals surface area contributed by atoms with Gasteiger partial charge < -0.3 is 10.2 Å². The van der Waals surface area contributed by atoms with Crippen LogP contribution in [0.15, 0.2) is 55.0 Å². The number of fused-ring (bicyclic) bond motifs is 1. The maximum Gasteiger partial charge on any atom is 0.224 e. The maximum atomic E-state index is 13.0. The Bertz CT molecular complexity index is 1270. The van der Waals surface area contributed by atoms with Crippen molar-refractivity contribution in [1.82, 2.24) is 14.8 Å². The molecule has 1 unspecified atom stereocenters. The van der Waals surface area contributed by atoms with E-state index in [2.05, 4.69) is 78.6 Å². The highest BCUT2D eigenvalue weighted by Crippen LogP contribution is 2.50. The highest BCUT2D eigenvalue weighted by atomic mass is 32.2. The molecule has 1 amide bonds. The number of nitrogens with one attached hydrogen (secondary N) is 1. The minimum absolute atomic E-state index is 0.0457. The molecular formula is C30H40N5O2S+. The average Bonchev–Trinajstić information content (AvgIpc) is 3.61. The van der Waals surface area contributed by atoms with E-state index in [0.717, 1.165) is 28.2 Å². The number of carbonyl (C=O) groups excluding carboxylic acids is 1. The minimum atomic E-state index is -0.111. The molecule has 1 aromatic carbocycles. The van der Waals surface area contributed by atoms with Crippen LogP contribution in [0, 0.1) is 11.8 Å². The summed E-state index contributed by atoms with van der Waals surface area (Å²) in [5.41, 5.74) is 4.28. The van der Waals surface area contributed by atoms with Gasteiger partial charge in [0.05, 0.1) is 18.8 Å². The molecule has 0 saturated heterocycles. The van der Waals surface area contributed by atoms with Gasteiger partial charge in [-0.05, 0) is 74.9 Å². The van der Waals surface area contributed by atoms with E-state index in [1.165, 1.54) is 12.8 Å². The number of amides is 1. The van der Waals surface area contributed by atoms with Gasteiger partial charge in [-0.1, -0.05) is 19.1 Å². The Morgan fingerprint density at radius 2 is 1.97 bits per heavy atom. The number of hydrogen-bond acceptors (Lipinski definition) is 5. The Morgan fingerprint density at radius 3 is 2.63 bits per heavy atom. The first-order chi connectivity index (χ1) is 18.1. The van der Waals surface area contributed by atoms with Crippen molar-refractivity contribution < 1.29 is 8.98 Å². The molecule has 1 aliphatic heterocycles. The van der Waals surface area contributed by atoms with Gasteiger partial charge in [-0.25, -0.2) is 4.98 Å². The summed E-state index contributed by atoms with van der Waals surface area (Å²) in [6.07, 6.45) is 10.3. The molecule has 3 aromatic rings. The smallest absolute Gasteiger partial charge is 0.224 e. The number of pyridine rings is 1. The van der Waals surface area contributed by atoms with Gasteiger partial charge in [0.2, 0.25) is 5.91 Å². The Labute approximate surface area is 229 Å². The summed E-state index contributed by atoms with van der Waals surface area (Å²) in [6, 6.07) is 12.6. The van der Waals surface area contributed by atoms with Crippen molar-refractivity contribution in [3.63, 3.8) is 0 Å². The molecule has 0 radical (unpaired) electrons. The molecule has 3 heterocycles. The van der Waals surface area contributed by atoms with Crippen molar-refractivity contribution in [1.29, 1.82) is 0 Å². The van der Waals surface area contributed by atoms with E-state index in [1.54, 1.807) is 6.92 Å². The zero-order valence-corrected chi connectivity index (χ0v) is 24.2. The molecule has 2 aliphatic rings. The molecule has 1 saturated carbocycles. The van der Waals surface area contributed by atoms with Crippen LogP contribution in [-0.2, 0) is 26.7 Å². The summed E-state index contributed by atoms with van der Waals surface area (Å²) >= 11 is -0.111. The van der Waals surface area contributed by atoms with E-state index in [1.807, 2.05) is 35.3 Å². The van der Waals surface area contributed by atoms with Gasteiger partial charge in [0, 0.05) is 42.5 Å². The zero-order chi connectivity index (χ0) is 27.0. The third-order valence-corrected chi connectivity index (χ3v) is 10.1. The fraction of sp³-hybridized carbons (Fsp3) is 0.500. The summed E-state index contributed by atoms with van der Waals surface area (Å²) in [5, 5.41) is 8.31. The van der Waals surface area contributed by atoms with Gasteiger partial charge in [-0.2, -0.15) is 9.28 Å². The van der Waals surface area contributed by atoms with Crippen molar-refractivity contribution >= 4 is 28.6 Å². The van der Waals surface area contributed by atoms with Crippen LogP contribution in [0.25, 0.3) is 11.1 Å². The summed E-state index contributed by atoms with van der Waals surface area (Å²) in [7, 11) is 0. The second-order valence-electron chi connectivity index (χ2n) is 11.6. The van der Waals surface area contributed by atoms with Crippen LogP contribution in [0.3, 0.4) is 0 Å². The minimum Gasteiger partial charge on any atom is -0.363 e. The van der Waals surface area contributed by atoms with Crippen molar-refractivity contribution in [3.05, 3.63) is 60.6 Å². The number of carbonyl (C=O) groups is 1. The summed E-state index contributed by atoms with van der Waals surface area (Å²) in [4.78, 5) is 19.5. The topological polar surface area (TPSA) is 72.3 Å². The predicted molar refractivity (Wildman–Crippen MR) is 156 cm³/mol. The maximum absolute atomic E-state index is 13.0. The van der Waals surface area contributed by atoms with Gasteiger partial charge in [0.1, 0.15) is 29.9 Å². The average molecular weight is 535 g/mol. The van der Waals surface area contributed by atoms with Gasteiger partial charge >= 0.3 is 0 Å². The van der Waals surface area contributed by atoms with Crippen molar-refractivity contribution in [2.24, 2.45) is 11.8 Å². The molecule has 0 bridgehead atoms. The summed E-state index contributed by atoms with van der Waals surface area (Å²) in [5.74, 6) is 1.75. The zero-order valence-electron chi connectivity index (χ0n) is 23.3. The molecule has 202 valence electrons. The Morgan fingerprint density at radius 1 is 1.18 bits per heavy atom. The number of anilines is 2. The Hall–Kier alpha value is -2.84. The van der Waals surface area contributed by atoms with Crippen LogP contribution < -0.4 is 10.2 Å². The van der Waals surface area contributed by atoms with Crippen LogP contribution in [0.2, 0.25) is 0 Å². The van der Waals surface area contributed by atoms with E-state index in [-0.39, 0.29) is 39.8 Å². The van der Waals surface area contributed by atoms with Crippen molar-refractivity contribution in [2.75, 3.05) is 23.1 Å². The molecule has 2 aromatic heterocycles. The molecule has 4 atom stereocenters. The normalized spacial score (nSPS) is 22.2. The monoisotopic (exact) mass is 534 g/mol. The van der Waals surface area contributed by atoms with Crippen LogP contribution in [-0.4, -0.2) is 44.3 Å². The molecule has 0 spiro atoms. The standard InChI is InChI=1S/C30H40N5O2S/c1-20-28(33-27-9-7-8-14-31-27)25-17-23(12-13-26(25)35(21(2)36)29(20)22-10-11-22)24-18-32-34(19-24)15-16-37-38(6)30(3,4)5/h7-9,12-14,17-20,22,28-29H,10-11,15-16H2,1-6H3,(H,31,33)/q+1/t20-,28-,29-,38?/m1/s1. The van der Waals surface area contributed by atoms with Crippen LogP contribution in [0.1, 0.15) is 59.1 Å². The number of hydrogen-bond donors (Lipinski definition) is 1. The molecule has 1 aliphatic carbocycles. The fourth-order valence-corrected chi connectivity index (χ4v) is 6.10. The van der Waals surface area contributed by atoms with Crippen LogP contribution in [0.4, 0.5) is 11.5 Å². The van der Waals surface area contributed by atoms with Crippen LogP contribution in [0.5, 0.6) is 0 Å². The Kier molecular flexibility index (Phi) is 7.56. The fourth-order valence-electron chi connectivity index (χ4n) is 5.42. The van der Waals surface area contributed by atoms with Gasteiger partial charge in [0.15, 0.2) is 4.75 Å². The third-order valence-electron chi connectivity index (χ3n) is 7.81. The van der Waals surface area contributed by atoms with Gasteiger partial charge in [0.25, 0.3) is 0 Å². The largest absolute Gasteiger partial charge is 0.363 e. The predicted octanol–water partition coefficient (Wildman–Crippen LogP) is 5.86. The van der Waals surface area contributed by atoms with Gasteiger partial charge in [-0.15, -0.1) is 0 Å². The first kappa shape index (κ1) is 26.8. The second-order valence-corrected chi connectivity index (χ2v) is 13.9. The Balaban J connectivity index is 1.44. The lowest BCUT2D eigenvalue weighted by Crippen LogP contribution is -2.51. The summed E-state index contributed by atoms with van der Waals surface area (Å²) < 4.78 is 8.16. The number of aromatic nitrogens is 3. The number of nitrogens with zero attached hydrogens (tertiary/aromatic N) is 4. The SMILES string of the molecule is CC(=O)N1c2ccc(-c3cnn(CCO[S+](C)C(C)(C)C)c3)cc2[C@H](Nc2ccccn2)[C@@H](C)[C@@H]1C1CC1. The molecule has 7 nitrogen and oxygen atoms in total. The lowest BCUT2D eigenvalue weighted by molar-refractivity contribution is -0.117. The highest BCUT2D eigenvalue weighted by Gasteiger charge is 2.47. The van der Waals surface area contributed by atoms with E-state index >= 15 is 0 Å².